The van der Waals surface area contributed by atoms with E-state index in [4.69, 9.17) is 21.1 Å². The fourth-order valence-corrected chi connectivity index (χ4v) is 4.52. The molecule has 6 heteroatoms. The first-order valence-corrected chi connectivity index (χ1v) is 10.7. The zero-order chi connectivity index (χ0) is 22.6. The van der Waals surface area contributed by atoms with E-state index in [1.807, 2.05) is 13.0 Å². The van der Waals surface area contributed by atoms with Gasteiger partial charge in [-0.15, -0.1) is 0 Å². The molecule has 0 saturated heterocycles. The Kier molecular flexibility index (Phi) is 7.87. The van der Waals surface area contributed by atoms with Gasteiger partial charge in [0.2, 0.25) is 0 Å². The van der Waals surface area contributed by atoms with Crippen molar-refractivity contribution < 1.29 is 19.8 Å². The van der Waals surface area contributed by atoms with Gasteiger partial charge >= 0.3 is 0 Å². The highest BCUT2D eigenvalue weighted by Gasteiger charge is 2.40. The lowest BCUT2D eigenvalue weighted by Crippen LogP contribution is -2.40. The van der Waals surface area contributed by atoms with E-state index >= 15 is 0 Å². The minimum atomic E-state index is -0.0921. The number of rotatable bonds is 6. The summed E-state index contributed by atoms with van der Waals surface area (Å²) in [6, 6.07) is 0. The van der Waals surface area contributed by atoms with Gasteiger partial charge in [-0.25, -0.2) is 0 Å². The van der Waals surface area contributed by atoms with E-state index in [2.05, 4.69) is 38.1 Å². The van der Waals surface area contributed by atoms with Crippen LogP contribution in [0.5, 0.6) is 17.2 Å². The van der Waals surface area contributed by atoms with Gasteiger partial charge in [0.15, 0.2) is 11.5 Å². The molecule has 2 rings (SSSR count). The van der Waals surface area contributed by atoms with Crippen molar-refractivity contribution in [3.8, 4) is 17.2 Å². The van der Waals surface area contributed by atoms with Crippen molar-refractivity contribution in [3.05, 3.63) is 40.0 Å². The number of hydrogen-bond acceptors (Lipinski definition) is 5. The molecule has 0 unspecified atom stereocenters. The molecule has 3 atom stereocenters. The molecule has 5 nitrogen and oxygen atoms in total. The Labute approximate surface area is 185 Å². The SMILES string of the molecule is COc1c(C)c(Cl)c(OC)c(C/C=C(C)/C=C/[C@@]2(C)[C@H](C)CC/C(=N\O)[C@@H]2C)c1O. The molecule has 2 N–H and O–H groups in total. The molecule has 1 aromatic rings. The molecule has 0 aliphatic heterocycles. The Bertz CT molecular complexity index is 875. The smallest absolute Gasteiger partial charge is 0.165 e. The maximum absolute atomic E-state index is 10.7. The zero-order valence-electron chi connectivity index (χ0n) is 19.0. The van der Waals surface area contributed by atoms with E-state index in [0.717, 1.165) is 24.1 Å². The predicted molar refractivity (Wildman–Crippen MR) is 122 cm³/mol. The lowest BCUT2D eigenvalue weighted by molar-refractivity contribution is 0.184. The average molecular weight is 436 g/mol. The van der Waals surface area contributed by atoms with Crippen LogP contribution in [0.15, 0.2) is 29.0 Å². The van der Waals surface area contributed by atoms with Crippen molar-refractivity contribution in [1.82, 2.24) is 0 Å². The van der Waals surface area contributed by atoms with Crippen LogP contribution in [0, 0.1) is 24.2 Å². The quantitative estimate of drug-likeness (QED) is 0.311. The van der Waals surface area contributed by atoms with Gasteiger partial charge in [0.05, 0.1) is 25.0 Å². The minimum absolute atomic E-state index is 0.0505. The van der Waals surface area contributed by atoms with Crippen LogP contribution in [-0.4, -0.2) is 30.2 Å². The molecule has 1 aliphatic carbocycles. The maximum atomic E-state index is 10.7. The number of ether oxygens (including phenoxy) is 2. The maximum Gasteiger partial charge on any atom is 0.165 e. The lowest BCUT2D eigenvalue weighted by atomic mass is 9.61. The van der Waals surface area contributed by atoms with Crippen LogP contribution in [0.3, 0.4) is 0 Å². The molecule has 1 saturated carbocycles. The molecule has 0 spiro atoms. The number of nitrogens with zero attached hydrogens (tertiary/aromatic N) is 1. The largest absolute Gasteiger partial charge is 0.504 e. The molecule has 1 aliphatic rings. The number of oxime groups is 1. The molecule has 0 aromatic heterocycles. The van der Waals surface area contributed by atoms with Crippen molar-refractivity contribution >= 4 is 17.3 Å². The third-order valence-corrected chi connectivity index (χ3v) is 7.30. The molecule has 166 valence electrons. The van der Waals surface area contributed by atoms with Crippen LogP contribution < -0.4 is 9.47 Å². The number of phenolic OH excluding ortho intramolecular Hbond substituents is 1. The molecule has 0 heterocycles. The van der Waals surface area contributed by atoms with E-state index in [-0.39, 0.29) is 17.1 Å². The third kappa shape index (κ3) is 4.46. The highest BCUT2D eigenvalue weighted by molar-refractivity contribution is 6.33. The van der Waals surface area contributed by atoms with Crippen molar-refractivity contribution in [2.75, 3.05) is 14.2 Å². The summed E-state index contributed by atoms with van der Waals surface area (Å²) in [5, 5.41) is 24.0. The number of allylic oxidation sites excluding steroid dienone is 4. The topological polar surface area (TPSA) is 71.3 Å². The fourth-order valence-electron chi connectivity index (χ4n) is 4.24. The van der Waals surface area contributed by atoms with Crippen LogP contribution in [0.4, 0.5) is 0 Å². The second-order valence-electron chi connectivity index (χ2n) is 8.44. The number of phenols is 1. The van der Waals surface area contributed by atoms with Crippen LogP contribution in [-0.2, 0) is 6.42 Å². The van der Waals surface area contributed by atoms with Crippen LogP contribution in [0.1, 0.15) is 51.7 Å². The first-order chi connectivity index (χ1) is 14.1. The van der Waals surface area contributed by atoms with Gasteiger partial charge in [-0.2, -0.15) is 0 Å². The number of halogens is 1. The summed E-state index contributed by atoms with van der Waals surface area (Å²) >= 11 is 6.43. The van der Waals surface area contributed by atoms with E-state index < -0.39 is 0 Å². The van der Waals surface area contributed by atoms with Gasteiger partial charge < -0.3 is 19.8 Å². The Balaban J connectivity index is 2.32. The highest BCUT2D eigenvalue weighted by Crippen LogP contribution is 2.47. The standard InChI is InChI=1S/C24H34ClNO4/c1-14(12-13-24(5)15(2)9-11-19(26-28)17(24)4)8-10-18-21(27)22(29-6)16(3)20(25)23(18)30-7/h8,12-13,15,17,27-28H,9-11H2,1-7H3/b13-12+,14-8+,26-19+/t15-,17+,24+/m1/s1. The van der Waals surface area contributed by atoms with Crippen molar-refractivity contribution in [3.63, 3.8) is 0 Å². The van der Waals surface area contributed by atoms with Crippen molar-refractivity contribution in [2.45, 2.75) is 53.9 Å². The summed E-state index contributed by atoms with van der Waals surface area (Å²) < 4.78 is 10.8. The molecular weight excluding hydrogens is 402 g/mol. The summed E-state index contributed by atoms with van der Waals surface area (Å²) in [6.07, 6.45) is 8.64. The van der Waals surface area contributed by atoms with E-state index in [1.54, 1.807) is 14.0 Å². The Hall–Kier alpha value is -2.14. The van der Waals surface area contributed by atoms with Crippen molar-refractivity contribution in [2.24, 2.45) is 22.4 Å². The van der Waals surface area contributed by atoms with E-state index in [0.29, 0.717) is 40.0 Å². The third-order valence-electron chi connectivity index (χ3n) is 6.84. The molecule has 0 bridgehead atoms. The summed E-state index contributed by atoms with van der Waals surface area (Å²) in [4.78, 5) is 0. The Morgan fingerprint density at radius 1 is 1.27 bits per heavy atom. The normalized spacial score (nSPS) is 26.4. The average Bonchev–Trinajstić information content (AvgIpc) is 2.73. The first-order valence-electron chi connectivity index (χ1n) is 10.3. The fraction of sp³-hybridized carbons (Fsp3) is 0.542. The number of benzene rings is 1. The van der Waals surface area contributed by atoms with Gasteiger partial charge in [0.25, 0.3) is 0 Å². The second kappa shape index (κ2) is 9.78. The van der Waals surface area contributed by atoms with Crippen LogP contribution in [0.2, 0.25) is 5.02 Å². The zero-order valence-corrected chi connectivity index (χ0v) is 19.8. The van der Waals surface area contributed by atoms with Gasteiger partial charge in [-0.1, -0.05) is 61.3 Å². The van der Waals surface area contributed by atoms with Crippen LogP contribution >= 0.6 is 11.6 Å². The summed E-state index contributed by atoms with van der Waals surface area (Å²) in [5.74, 6) is 1.52. The lowest BCUT2D eigenvalue weighted by Gasteiger charge is -2.43. The van der Waals surface area contributed by atoms with Crippen molar-refractivity contribution in [1.29, 1.82) is 0 Å². The van der Waals surface area contributed by atoms with Gasteiger partial charge in [-0.3, -0.25) is 0 Å². The Morgan fingerprint density at radius 2 is 1.90 bits per heavy atom. The molecule has 0 radical (unpaired) electrons. The summed E-state index contributed by atoms with van der Waals surface area (Å²) in [6.45, 7) is 10.4. The molecular formula is C24H34ClNO4. The van der Waals surface area contributed by atoms with Gasteiger partial charge in [-0.05, 0) is 44.4 Å². The van der Waals surface area contributed by atoms with Gasteiger partial charge in [0.1, 0.15) is 5.75 Å². The summed E-state index contributed by atoms with van der Waals surface area (Å²) in [7, 11) is 3.05. The minimum Gasteiger partial charge on any atom is -0.504 e. The van der Waals surface area contributed by atoms with Crippen LogP contribution in [0.25, 0.3) is 0 Å². The molecule has 1 fully saturated rings. The molecule has 1 aromatic carbocycles. The Morgan fingerprint density at radius 3 is 2.47 bits per heavy atom. The second-order valence-corrected chi connectivity index (χ2v) is 8.81. The molecule has 0 amide bonds. The van der Waals surface area contributed by atoms with E-state index in [9.17, 15) is 10.3 Å². The number of hydrogen-bond donors (Lipinski definition) is 2. The highest BCUT2D eigenvalue weighted by atomic mass is 35.5. The molecule has 30 heavy (non-hydrogen) atoms. The van der Waals surface area contributed by atoms with E-state index in [1.165, 1.54) is 7.11 Å². The number of methoxy groups -OCH3 is 2. The predicted octanol–water partition coefficient (Wildman–Crippen LogP) is 6.32. The number of aromatic hydroxyl groups is 1. The monoisotopic (exact) mass is 435 g/mol. The van der Waals surface area contributed by atoms with Gasteiger partial charge in [0, 0.05) is 17.0 Å². The first kappa shape index (κ1) is 24.1. The summed E-state index contributed by atoms with van der Waals surface area (Å²) in [5.41, 5.74) is 3.06.